The molecule has 4 rings (SSSR count). The van der Waals surface area contributed by atoms with Crippen LogP contribution in [0.25, 0.3) is 11.3 Å². The van der Waals surface area contributed by atoms with Gasteiger partial charge < -0.3 is 14.8 Å². The third-order valence-electron chi connectivity index (χ3n) is 5.50. The van der Waals surface area contributed by atoms with E-state index >= 15 is 0 Å². The van der Waals surface area contributed by atoms with Gasteiger partial charge in [0.1, 0.15) is 17.7 Å². The lowest BCUT2D eigenvalue weighted by Gasteiger charge is -2.31. The smallest absolute Gasteiger partial charge is 0.333 e. The van der Waals surface area contributed by atoms with E-state index in [1.165, 1.54) is 12.5 Å². The average Bonchev–Trinajstić information content (AvgIpc) is 3.04. The van der Waals surface area contributed by atoms with E-state index in [-0.39, 0.29) is 12.5 Å². The first-order valence-electron chi connectivity index (χ1n) is 9.59. The fourth-order valence-corrected chi connectivity index (χ4v) is 3.76. The highest BCUT2D eigenvalue weighted by Crippen LogP contribution is 2.33. The number of hydrogen-bond acceptors (Lipinski definition) is 4. The Kier molecular flexibility index (Phi) is 5.37. The van der Waals surface area contributed by atoms with Gasteiger partial charge in [0.05, 0.1) is 11.6 Å². The van der Waals surface area contributed by atoms with Crippen molar-refractivity contribution in [3.05, 3.63) is 36.0 Å². The number of alkyl halides is 4. The van der Waals surface area contributed by atoms with E-state index in [2.05, 4.69) is 20.2 Å². The molecule has 5 nitrogen and oxygen atoms in total. The minimum Gasteiger partial charge on any atom is -0.333 e. The fraction of sp³-hybridized carbons (Fsp3) is 0.579. The van der Waals surface area contributed by atoms with Gasteiger partial charge in [-0.3, -0.25) is 4.98 Å². The molecule has 2 saturated heterocycles. The lowest BCUT2D eigenvalue weighted by molar-refractivity contribution is -0.141. The first kappa shape index (κ1) is 19.3. The molecule has 28 heavy (non-hydrogen) atoms. The first-order valence-corrected chi connectivity index (χ1v) is 9.59. The fourth-order valence-electron chi connectivity index (χ4n) is 3.76. The molecule has 1 N–H and O–H groups in total. The predicted molar refractivity (Wildman–Crippen MR) is 96.6 cm³/mol. The van der Waals surface area contributed by atoms with Crippen molar-refractivity contribution in [1.82, 2.24) is 24.8 Å². The van der Waals surface area contributed by atoms with Gasteiger partial charge in [0.2, 0.25) is 0 Å². The molecule has 2 aliphatic rings. The number of pyridine rings is 1. The Labute approximate surface area is 160 Å². The summed E-state index contributed by atoms with van der Waals surface area (Å²) in [6, 6.07) is 2.51. The van der Waals surface area contributed by atoms with Crippen LogP contribution in [-0.4, -0.2) is 58.3 Å². The molecule has 152 valence electrons. The van der Waals surface area contributed by atoms with Crippen molar-refractivity contribution in [2.45, 2.75) is 37.7 Å². The first-order chi connectivity index (χ1) is 13.4. The topological polar surface area (TPSA) is 46.0 Å². The summed E-state index contributed by atoms with van der Waals surface area (Å²) < 4.78 is 55.5. The number of nitrogens with one attached hydrogen (secondary N) is 1. The Morgan fingerprint density at radius 3 is 2.71 bits per heavy atom. The van der Waals surface area contributed by atoms with Crippen molar-refractivity contribution in [3.63, 3.8) is 0 Å². The second-order valence-electron chi connectivity index (χ2n) is 7.42. The van der Waals surface area contributed by atoms with Gasteiger partial charge in [0.15, 0.2) is 0 Å². The molecular formula is C19H23F4N5. The van der Waals surface area contributed by atoms with Crippen molar-refractivity contribution < 1.29 is 17.6 Å². The molecule has 2 aromatic rings. The number of imidazole rings is 1. The van der Waals surface area contributed by atoms with Crippen LogP contribution in [0.5, 0.6) is 0 Å². The van der Waals surface area contributed by atoms with Crippen molar-refractivity contribution in [3.8, 4) is 11.3 Å². The molecule has 0 unspecified atom stereocenters. The number of hydrogen-bond donors (Lipinski definition) is 1. The van der Waals surface area contributed by atoms with Crippen LogP contribution in [0.4, 0.5) is 17.6 Å². The molecule has 0 aliphatic carbocycles. The molecule has 2 aliphatic heterocycles. The summed E-state index contributed by atoms with van der Waals surface area (Å²) in [5, 5.41) is 3.03. The molecular weight excluding hydrogens is 374 g/mol. The van der Waals surface area contributed by atoms with E-state index in [1.807, 2.05) is 4.57 Å². The van der Waals surface area contributed by atoms with E-state index in [1.54, 1.807) is 6.20 Å². The van der Waals surface area contributed by atoms with Crippen LogP contribution in [0.1, 0.15) is 30.3 Å². The van der Waals surface area contributed by atoms with Crippen molar-refractivity contribution in [1.29, 1.82) is 0 Å². The molecule has 2 aromatic heterocycles. The molecule has 2 atom stereocenters. The Bertz CT molecular complexity index is 815. The second-order valence-corrected chi connectivity index (χ2v) is 7.42. The minimum absolute atomic E-state index is 0.270. The van der Waals surface area contributed by atoms with E-state index in [0.717, 1.165) is 31.9 Å². The van der Waals surface area contributed by atoms with Crippen molar-refractivity contribution >= 4 is 0 Å². The zero-order chi connectivity index (χ0) is 19.7. The minimum atomic E-state index is -4.52. The van der Waals surface area contributed by atoms with Crippen molar-refractivity contribution in [2.75, 3.05) is 32.7 Å². The summed E-state index contributed by atoms with van der Waals surface area (Å²) in [5.74, 6) is 0.269. The highest BCUT2D eigenvalue weighted by molar-refractivity contribution is 5.59. The molecule has 0 saturated carbocycles. The van der Waals surface area contributed by atoms with E-state index in [0.29, 0.717) is 36.6 Å². The molecule has 2 fully saturated rings. The molecule has 9 heteroatoms. The van der Waals surface area contributed by atoms with Crippen LogP contribution in [0.3, 0.4) is 0 Å². The zero-order valence-corrected chi connectivity index (χ0v) is 15.4. The monoisotopic (exact) mass is 397 g/mol. The van der Waals surface area contributed by atoms with Crippen LogP contribution >= 0.6 is 0 Å². The van der Waals surface area contributed by atoms with Gasteiger partial charge in [-0.05, 0) is 44.6 Å². The third kappa shape index (κ3) is 4.05. The van der Waals surface area contributed by atoms with Gasteiger partial charge >= 0.3 is 6.18 Å². The molecule has 4 heterocycles. The molecule has 0 aromatic carbocycles. The standard InChI is InChI=1S/C19H23F4N5/c20-15-11-24-4-3-14(15)18-26-16(12-28(18)9-8-27-6-1-7-27)13-2-5-25-17(10-13)19(21,22)23/h2,5,10,12,14-15,24H,1,3-4,6-9,11H2/t14-,15+/m1/s1. The summed E-state index contributed by atoms with van der Waals surface area (Å²) in [5.41, 5.74) is -0.181. The number of likely N-dealkylation sites (tertiary alicyclic amines) is 1. The van der Waals surface area contributed by atoms with Crippen LogP contribution in [0.2, 0.25) is 0 Å². The van der Waals surface area contributed by atoms with Gasteiger partial charge in [-0.1, -0.05) is 0 Å². The van der Waals surface area contributed by atoms with E-state index < -0.39 is 18.0 Å². The summed E-state index contributed by atoms with van der Waals surface area (Å²) in [4.78, 5) is 10.3. The van der Waals surface area contributed by atoms with Crippen molar-refractivity contribution in [2.24, 2.45) is 0 Å². The zero-order valence-electron chi connectivity index (χ0n) is 15.4. The molecule has 0 amide bonds. The van der Waals surface area contributed by atoms with Gasteiger partial charge in [-0.15, -0.1) is 0 Å². The summed E-state index contributed by atoms with van der Waals surface area (Å²) in [6.07, 6.45) is -0.891. The van der Waals surface area contributed by atoms with E-state index in [4.69, 9.17) is 0 Å². The highest BCUT2D eigenvalue weighted by Gasteiger charge is 2.33. The van der Waals surface area contributed by atoms with Crippen LogP contribution in [-0.2, 0) is 12.7 Å². The number of aromatic nitrogens is 3. The largest absolute Gasteiger partial charge is 0.433 e. The lowest BCUT2D eigenvalue weighted by atomic mass is 9.95. The van der Waals surface area contributed by atoms with Crippen LogP contribution in [0, 0.1) is 0 Å². The van der Waals surface area contributed by atoms with Gasteiger partial charge in [-0.2, -0.15) is 13.2 Å². The third-order valence-corrected chi connectivity index (χ3v) is 5.50. The Morgan fingerprint density at radius 1 is 1.21 bits per heavy atom. The molecule has 0 bridgehead atoms. The maximum absolute atomic E-state index is 14.5. The lowest BCUT2D eigenvalue weighted by Crippen LogP contribution is -2.40. The Hall–Kier alpha value is -2.00. The van der Waals surface area contributed by atoms with Gasteiger partial charge in [0, 0.05) is 37.6 Å². The second kappa shape index (κ2) is 7.79. The molecule has 0 radical (unpaired) electrons. The number of rotatable bonds is 5. The molecule has 0 spiro atoms. The van der Waals surface area contributed by atoms with E-state index in [9.17, 15) is 17.6 Å². The van der Waals surface area contributed by atoms with Gasteiger partial charge in [-0.25, -0.2) is 9.37 Å². The number of piperidine rings is 1. The summed E-state index contributed by atoms with van der Waals surface area (Å²) >= 11 is 0. The maximum Gasteiger partial charge on any atom is 0.433 e. The Morgan fingerprint density at radius 2 is 2.04 bits per heavy atom. The SMILES string of the molecule is F[C@H]1CNCC[C@H]1c1nc(-c2ccnc(C(F)(F)F)c2)cn1CCN1CCC1. The van der Waals surface area contributed by atoms with Gasteiger partial charge in [0.25, 0.3) is 0 Å². The average molecular weight is 397 g/mol. The quantitative estimate of drug-likeness (QED) is 0.788. The maximum atomic E-state index is 14.5. The summed E-state index contributed by atoms with van der Waals surface area (Å²) in [7, 11) is 0. The normalized spacial score (nSPS) is 23.6. The number of halogens is 4. The Balaban J connectivity index is 1.66. The van der Waals surface area contributed by atoms with Crippen LogP contribution < -0.4 is 5.32 Å². The highest BCUT2D eigenvalue weighted by atomic mass is 19.4. The van der Waals surface area contributed by atoms with Crippen LogP contribution in [0.15, 0.2) is 24.5 Å². The summed E-state index contributed by atoms with van der Waals surface area (Å²) in [6.45, 7) is 4.55. The number of nitrogens with zero attached hydrogens (tertiary/aromatic N) is 4. The predicted octanol–water partition coefficient (Wildman–Crippen LogP) is 3.08.